The number of rotatable bonds is 18. The second kappa shape index (κ2) is 15.1. The number of hydrogen-bond donors (Lipinski definition) is 0. The van der Waals surface area contributed by atoms with Gasteiger partial charge in [0, 0.05) is 20.0 Å². The Morgan fingerprint density at radius 1 is 0.694 bits per heavy atom. The lowest BCUT2D eigenvalue weighted by Gasteiger charge is -2.37. The standard InChI is InChI=1S/C28H45Cl6NO/c1-4-6-8-9-11-14-17-21-22(27(32)25(30)24(29)26(21,31)28(27,33)34)18-15-12-10-13-16-19-23(36)35(3)20-7-5-2/h21-22H,4-20H2,1-3H3/t21-,22+,26-,27-/m0/s1. The zero-order valence-electron chi connectivity index (χ0n) is 22.3. The minimum absolute atomic E-state index is 0.0101. The fourth-order valence-electron chi connectivity index (χ4n) is 6.03. The predicted octanol–water partition coefficient (Wildman–Crippen LogP) is 10.8. The monoisotopic (exact) mass is 621 g/mol. The summed E-state index contributed by atoms with van der Waals surface area (Å²) >= 11 is 41.4. The molecule has 8 heteroatoms. The Balaban J connectivity index is 1.88. The zero-order valence-corrected chi connectivity index (χ0v) is 26.8. The van der Waals surface area contributed by atoms with Crippen molar-refractivity contribution in [1.29, 1.82) is 0 Å². The Morgan fingerprint density at radius 2 is 1.11 bits per heavy atom. The van der Waals surface area contributed by atoms with E-state index in [1.807, 2.05) is 11.9 Å². The van der Waals surface area contributed by atoms with Crippen LogP contribution in [0.25, 0.3) is 0 Å². The van der Waals surface area contributed by atoms with Crippen molar-refractivity contribution < 1.29 is 4.79 Å². The van der Waals surface area contributed by atoms with E-state index < -0.39 is 14.1 Å². The molecule has 0 aromatic rings. The van der Waals surface area contributed by atoms with E-state index in [2.05, 4.69) is 13.8 Å². The molecule has 2 aliphatic rings. The predicted molar refractivity (Wildman–Crippen MR) is 160 cm³/mol. The third kappa shape index (κ3) is 6.80. The highest BCUT2D eigenvalue weighted by Crippen LogP contribution is 2.77. The highest BCUT2D eigenvalue weighted by atomic mass is 35.5. The first-order valence-electron chi connectivity index (χ1n) is 14.1. The van der Waals surface area contributed by atoms with Gasteiger partial charge in [-0.15, -0.1) is 23.2 Å². The molecule has 0 saturated heterocycles. The van der Waals surface area contributed by atoms with Crippen LogP contribution in [0, 0.1) is 11.8 Å². The van der Waals surface area contributed by atoms with Crippen molar-refractivity contribution in [3.8, 4) is 0 Å². The summed E-state index contributed by atoms with van der Waals surface area (Å²) in [6.07, 6.45) is 16.9. The SMILES string of the molecule is CCCCCCCC[C@H]1[C@@H](CCCCCCCC(=O)N(C)CCCC)[C@]2(Cl)C(Cl)=C(Cl)[C@]1(Cl)C2(Cl)Cl. The first kappa shape index (κ1) is 33.2. The van der Waals surface area contributed by atoms with Crippen molar-refractivity contribution in [2.75, 3.05) is 13.6 Å². The van der Waals surface area contributed by atoms with Crippen LogP contribution in [-0.4, -0.2) is 38.5 Å². The quantitative estimate of drug-likeness (QED) is 0.110. The third-order valence-corrected chi connectivity index (χ3v) is 12.6. The summed E-state index contributed by atoms with van der Waals surface area (Å²) in [5.41, 5.74) is 0. The summed E-state index contributed by atoms with van der Waals surface area (Å²) in [5.74, 6) is 0.216. The zero-order chi connectivity index (χ0) is 27.0. The largest absolute Gasteiger partial charge is 0.346 e. The molecule has 0 aromatic carbocycles. The van der Waals surface area contributed by atoms with Crippen molar-refractivity contribution >= 4 is 75.5 Å². The van der Waals surface area contributed by atoms with Crippen LogP contribution in [0.2, 0.25) is 0 Å². The molecular weight excluding hydrogens is 579 g/mol. The number of hydrogen-bond acceptors (Lipinski definition) is 1. The molecule has 0 unspecified atom stereocenters. The molecule has 2 bridgehead atoms. The first-order valence-corrected chi connectivity index (χ1v) is 16.3. The van der Waals surface area contributed by atoms with Gasteiger partial charge < -0.3 is 4.90 Å². The third-order valence-electron chi connectivity index (χ3n) is 8.30. The van der Waals surface area contributed by atoms with E-state index >= 15 is 0 Å². The van der Waals surface area contributed by atoms with Gasteiger partial charge in [0.15, 0.2) is 4.33 Å². The summed E-state index contributed by atoms with van der Waals surface area (Å²) in [5, 5.41) is 0.646. The van der Waals surface area contributed by atoms with E-state index in [4.69, 9.17) is 69.6 Å². The van der Waals surface area contributed by atoms with Crippen molar-refractivity contribution in [1.82, 2.24) is 4.90 Å². The van der Waals surface area contributed by atoms with E-state index in [1.54, 1.807) is 0 Å². The summed E-state index contributed by atoms with van der Waals surface area (Å²) in [7, 11) is 1.90. The highest BCUT2D eigenvalue weighted by Gasteiger charge is 2.81. The van der Waals surface area contributed by atoms with Crippen molar-refractivity contribution in [3.63, 3.8) is 0 Å². The molecule has 1 amide bonds. The maximum absolute atomic E-state index is 12.2. The highest BCUT2D eigenvalue weighted by molar-refractivity contribution is 6.65. The van der Waals surface area contributed by atoms with Gasteiger partial charge >= 0.3 is 0 Å². The molecule has 210 valence electrons. The number of carbonyl (C=O) groups is 1. The second-order valence-electron chi connectivity index (χ2n) is 10.9. The van der Waals surface area contributed by atoms with Crippen molar-refractivity contribution in [2.45, 2.75) is 131 Å². The van der Waals surface area contributed by atoms with Crippen molar-refractivity contribution in [3.05, 3.63) is 10.1 Å². The van der Waals surface area contributed by atoms with Crippen LogP contribution in [0.15, 0.2) is 10.1 Å². The molecule has 2 aliphatic carbocycles. The fourth-order valence-corrected chi connectivity index (χ4v) is 9.18. The summed E-state index contributed by atoms with van der Waals surface area (Å²) < 4.78 is -1.45. The molecule has 1 saturated carbocycles. The van der Waals surface area contributed by atoms with Crippen LogP contribution >= 0.6 is 69.6 Å². The molecule has 0 heterocycles. The number of alkyl halides is 4. The Kier molecular flexibility index (Phi) is 13.9. The second-order valence-corrected chi connectivity index (χ2v) is 14.1. The van der Waals surface area contributed by atoms with Gasteiger partial charge in [-0.1, -0.05) is 131 Å². The Morgan fingerprint density at radius 3 is 1.58 bits per heavy atom. The van der Waals surface area contributed by atoms with E-state index in [9.17, 15) is 4.79 Å². The van der Waals surface area contributed by atoms with Gasteiger partial charge in [0.05, 0.1) is 10.1 Å². The van der Waals surface area contributed by atoms with Crippen LogP contribution in [-0.2, 0) is 4.79 Å². The Bertz CT molecular complexity index is 744. The molecule has 0 aliphatic heterocycles. The van der Waals surface area contributed by atoms with Gasteiger partial charge in [-0.3, -0.25) is 4.79 Å². The van der Waals surface area contributed by atoms with Crippen molar-refractivity contribution in [2.24, 2.45) is 11.8 Å². The molecule has 36 heavy (non-hydrogen) atoms. The molecule has 0 aromatic heterocycles. The van der Waals surface area contributed by atoms with Gasteiger partial charge in [0.1, 0.15) is 9.75 Å². The summed E-state index contributed by atoms with van der Waals surface area (Å²) in [4.78, 5) is 11.8. The van der Waals surface area contributed by atoms with Gasteiger partial charge in [0.2, 0.25) is 5.91 Å². The van der Waals surface area contributed by atoms with Gasteiger partial charge in [-0.25, -0.2) is 0 Å². The maximum atomic E-state index is 12.2. The number of carbonyl (C=O) groups excluding carboxylic acids is 1. The molecule has 0 N–H and O–H groups in total. The number of unbranched alkanes of at least 4 members (excludes halogenated alkanes) is 10. The van der Waals surface area contributed by atoms with Crippen LogP contribution in [0.1, 0.15) is 117 Å². The minimum atomic E-state index is -1.45. The van der Waals surface area contributed by atoms with E-state index in [1.165, 1.54) is 25.7 Å². The normalized spacial score (nSPS) is 28.8. The van der Waals surface area contributed by atoms with Gasteiger partial charge in [0.25, 0.3) is 0 Å². The van der Waals surface area contributed by atoms with E-state index in [0.717, 1.165) is 77.2 Å². The van der Waals surface area contributed by atoms with Gasteiger partial charge in [-0.2, -0.15) is 0 Å². The lowest BCUT2D eigenvalue weighted by molar-refractivity contribution is -0.130. The molecular formula is C28H45Cl6NO. The number of allylic oxidation sites excluding steroid dienone is 2. The molecule has 0 spiro atoms. The molecule has 0 radical (unpaired) electrons. The number of fused-ring (bicyclic) bond motifs is 2. The first-order chi connectivity index (χ1) is 17.0. The Hall–Kier alpha value is 0.950. The Labute approximate surface area is 250 Å². The average Bonchev–Trinajstić information content (AvgIpc) is 3.04. The lowest BCUT2D eigenvalue weighted by Crippen LogP contribution is -2.44. The number of nitrogens with zero attached hydrogens (tertiary/aromatic N) is 1. The molecule has 2 rings (SSSR count). The van der Waals surface area contributed by atoms with Crippen LogP contribution < -0.4 is 0 Å². The maximum Gasteiger partial charge on any atom is 0.222 e. The van der Waals surface area contributed by atoms with Crippen LogP contribution in [0.4, 0.5) is 0 Å². The van der Waals surface area contributed by atoms with E-state index in [0.29, 0.717) is 16.5 Å². The number of amides is 1. The molecule has 1 fully saturated rings. The van der Waals surface area contributed by atoms with E-state index in [-0.39, 0.29) is 17.7 Å². The molecule has 2 nitrogen and oxygen atoms in total. The molecule has 4 atom stereocenters. The smallest absolute Gasteiger partial charge is 0.222 e. The summed E-state index contributed by atoms with van der Waals surface area (Å²) in [6.45, 7) is 5.22. The fraction of sp³-hybridized carbons (Fsp3) is 0.893. The lowest BCUT2D eigenvalue weighted by atomic mass is 9.76. The topological polar surface area (TPSA) is 20.3 Å². The van der Waals surface area contributed by atoms with Crippen LogP contribution in [0.3, 0.4) is 0 Å². The average molecular weight is 624 g/mol. The van der Waals surface area contributed by atoms with Gasteiger partial charge in [-0.05, 0) is 37.5 Å². The number of halogens is 6. The van der Waals surface area contributed by atoms with Crippen LogP contribution in [0.5, 0.6) is 0 Å². The summed E-state index contributed by atoms with van der Waals surface area (Å²) in [6, 6.07) is 0. The minimum Gasteiger partial charge on any atom is -0.346 e.